The third-order valence-corrected chi connectivity index (χ3v) is 1.93. The number of ether oxygens (including phenoxy) is 1. The Labute approximate surface area is 89.0 Å². The summed E-state index contributed by atoms with van der Waals surface area (Å²) >= 11 is 11.2. The van der Waals surface area contributed by atoms with Crippen molar-refractivity contribution in [2.75, 3.05) is 0 Å². The highest BCUT2D eigenvalue weighted by molar-refractivity contribution is 6.37. The Bertz CT molecular complexity index is 336. The molecule has 0 aromatic heterocycles. The van der Waals surface area contributed by atoms with Crippen LogP contribution in [0.15, 0.2) is 18.2 Å². The second-order valence-corrected chi connectivity index (χ2v) is 3.14. The lowest BCUT2D eigenvalue weighted by Gasteiger charge is -2.10. The van der Waals surface area contributed by atoms with Crippen molar-refractivity contribution >= 4 is 29.2 Å². The molecule has 0 bridgehead atoms. The molecule has 76 valence electrons. The van der Waals surface area contributed by atoms with Gasteiger partial charge in [0.1, 0.15) is 0 Å². The summed E-state index contributed by atoms with van der Waals surface area (Å²) in [6.07, 6.45) is -2.48. The number of hydrogen-bond acceptors (Lipinski definition) is 2. The van der Waals surface area contributed by atoms with E-state index in [9.17, 15) is 9.18 Å². The van der Waals surface area contributed by atoms with E-state index < -0.39 is 12.3 Å². The molecule has 14 heavy (non-hydrogen) atoms. The van der Waals surface area contributed by atoms with Crippen LogP contribution in [0.4, 0.5) is 4.39 Å². The number of alkyl halides is 1. The summed E-state index contributed by atoms with van der Waals surface area (Å²) < 4.78 is 17.0. The van der Waals surface area contributed by atoms with Crippen LogP contribution in [0.25, 0.3) is 0 Å². The van der Waals surface area contributed by atoms with Crippen LogP contribution < -0.4 is 4.74 Å². The maximum Gasteiger partial charge on any atom is 0.378 e. The molecule has 0 fully saturated rings. The van der Waals surface area contributed by atoms with Crippen LogP contribution in [0.5, 0.6) is 5.75 Å². The Morgan fingerprint density at radius 1 is 1.43 bits per heavy atom. The van der Waals surface area contributed by atoms with Crippen molar-refractivity contribution < 1.29 is 19.0 Å². The molecule has 0 aliphatic heterocycles. The predicted molar refractivity (Wildman–Crippen MR) is 49.6 cm³/mol. The highest BCUT2D eigenvalue weighted by Gasteiger charge is 2.20. The number of rotatable bonds is 3. The first-order valence-electron chi connectivity index (χ1n) is 3.50. The number of halogens is 3. The van der Waals surface area contributed by atoms with Gasteiger partial charge in [-0.05, 0) is 12.1 Å². The van der Waals surface area contributed by atoms with E-state index >= 15 is 0 Å². The maximum absolute atomic E-state index is 12.6. The Morgan fingerprint density at radius 3 is 2.36 bits per heavy atom. The van der Waals surface area contributed by atoms with Gasteiger partial charge in [-0.15, -0.1) is 0 Å². The normalized spacial score (nSPS) is 12.2. The van der Waals surface area contributed by atoms with E-state index in [0.717, 1.165) is 0 Å². The van der Waals surface area contributed by atoms with Crippen LogP contribution in [0.1, 0.15) is 0 Å². The molecule has 0 spiro atoms. The van der Waals surface area contributed by atoms with Gasteiger partial charge in [0, 0.05) is 0 Å². The molecule has 0 radical (unpaired) electrons. The fraction of sp³-hybridized carbons (Fsp3) is 0.125. The molecule has 0 amide bonds. The van der Waals surface area contributed by atoms with Crippen molar-refractivity contribution in [2.24, 2.45) is 0 Å². The smallest absolute Gasteiger partial charge is 0.378 e. The number of carboxylic acid groups (broad SMARTS) is 1. The molecule has 0 saturated heterocycles. The fourth-order valence-corrected chi connectivity index (χ4v) is 1.24. The minimum Gasteiger partial charge on any atom is -0.476 e. The van der Waals surface area contributed by atoms with E-state index in [2.05, 4.69) is 4.74 Å². The van der Waals surface area contributed by atoms with Crippen molar-refractivity contribution in [1.82, 2.24) is 0 Å². The third-order valence-electron chi connectivity index (χ3n) is 1.33. The molecule has 1 N–H and O–H groups in total. The van der Waals surface area contributed by atoms with Gasteiger partial charge < -0.3 is 9.84 Å². The zero-order valence-corrected chi connectivity index (χ0v) is 8.22. The van der Waals surface area contributed by atoms with E-state index in [0.29, 0.717) is 0 Å². The standard InChI is InChI=1S/C8H5Cl2FO3/c9-4-2-1-3-5(10)6(4)14-7(11)8(12)13/h1-3,7H,(H,12,13). The summed E-state index contributed by atoms with van der Waals surface area (Å²) in [7, 11) is 0. The lowest BCUT2D eigenvalue weighted by Crippen LogP contribution is -2.21. The second-order valence-electron chi connectivity index (χ2n) is 2.32. The highest BCUT2D eigenvalue weighted by atomic mass is 35.5. The van der Waals surface area contributed by atoms with Crippen molar-refractivity contribution in [2.45, 2.75) is 6.36 Å². The summed E-state index contributed by atoms with van der Waals surface area (Å²) in [5.41, 5.74) is 0. The number of para-hydroxylation sites is 1. The summed E-state index contributed by atoms with van der Waals surface area (Å²) in [4.78, 5) is 10.1. The summed E-state index contributed by atoms with van der Waals surface area (Å²) in [5.74, 6) is -1.91. The molecule has 0 heterocycles. The van der Waals surface area contributed by atoms with Crippen molar-refractivity contribution in [3.8, 4) is 5.75 Å². The van der Waals surface area contributed by atoms with Gasteiger partial charge in [0.2, 0.25) is 0 Å². The second kappa shape index (κ2) is 4.48. The van der Waals surface area contributed by atoms with Crippen LogP contribution >= 0.6 is 23.2 Å². The van der Waals surface area contributed by atoms with Crippen molar-refractivity contribution in [3.05, 3.63) is 28.2 Å². The minimum absolute atomic E-state index is 0.0569. The van der Waals surface area contributed by atoms with E-state index in [1.54, 1.807) is 0 Å². The van der Waals surface area contributed by atoms with Gasteiger partial charge in [-0.2, -0.15) is 4.39 Å². The molecule has 1 atom stereocenters. The summed E-state index contributed by atoms with van der Waals surface area (Å²) in [6, 6.07) is 4.36. The van der Waals surface area contributed by atoms with Crippen LogP contribution in [0.3, 0.4) is 0 Å². The molecule has 1 rings (SSSR count). The average molecular weight is 239 g/mol. The summed E-state index contributed by atoms with van der Waals surface area (Å²) in [5, 5.41) is 8.35. The Kier molecular flexibility index (Phi) is 3.55. The number of benzene rings is 1. The third kappa shape index (κ3) is 2.49. The number of hydrogen-bond donors (Lipinski definition) is 1. The number of aliphatic carboxylic acids is 1. The van der Waals surface area contributed by atoms with Gasteiger partial charge in [0.05, 0.1) is 10.0 Å². The van der Waals surface area contributed by atoms with Crippen molar-refractivity contribution in [1.29, 1.82) is 0 Å². The van der Waals surface area contributed by atoms with Gasteiger partial charge >= 0.3 is 12.3 Å². The van der Waals surface area contributed by atoms with Gasteiger partial charge in [-0.3, -0.25) is 0 Å². The van der Waals surface area contributed by atoms with Crippen LogP contribution in [-0.2, 0) is 4.79 Å². The molecular weight excluding hydrogens is 234 g/mol. The molecule has 0 aliphatic rings. The first-order chi connectivity index (χ1) is 6.52. The Morgan fingerprint density at radius 2 is 1.93 bits per heavy atom. The Balaban J connectivity index is 2.91. The minimum atomic E-state index is -2.48. The lowest BCUT2D eigenvalue weighted by molar-refractivity contribution is -0.153. The predicted octanol–water partition coefficient (Wildman–Crippen LogP) is 2.75. The van der Waals surface area contributed by atoms with Crippen LogP contribution in [0.2, 0.25) is 10.0 Å². The molecule has 3 nitrogen and oxygen atoms in total. The first-order valence-corrected chi connectivity index (χ1v) is 4.25. The largest absolute Gasteiger partial charge is 0.476 e. The number of carbonyl (C=O) groups is 1. The maximum atomic E-state index is 12.6. The fourth-order valence-electron chi connectivity index (χ4n) is 0.749. The molecule has 0 aliphatic carbocycles. The van der Waals surface area contributed by atoms with Gasteiger partial charge in [-0.25, -0.2) is 4.79 Å². The van der Waals surface area contributed by atoms with Gasteiger partial charge in [-0.1, -0.05) is 29.3 Å². The zero-order valence-electron chi connectivity index (χ0n) is 6.71. The monoisotopic (exact) mass is 238 g/mol. The lowest BCUT2D eigenvalue weighted by atomic mass is 10.3. The van der Waals surface area contributed by atoms with Gasteiger partial charge in [0.15, 0.2) is 5.75 Å². The molecule has 6 heteroatoms. The molecule has 1 unspecified atom stereocenters. The van der Waals surface area contributed by atoms with Crippen LogP contribution in [-0.4, -0.2) is 17.4 Å². The quantitative estimate of drug-likeness (QED) is 0.881. The zero-order chi connectivity index (χ0) is 10.7. The molecule has 1 aromatic rings. The van der Waals surface area contributed by atoms with Gasteiger partial charge in [0.25, 0.3) is 0 Å². The van der Waals surface area contributed by atoms with E-state index in [4.69, 9.17) is 28.3 Å². The van der Waals surface area contributed by atoms with E-state index in [1.165, 1.54) is 18.2 Å². The molecule has 0 saturated carbocycles. The molecular formula is C8H5Cl2FO3. The average Bonchev–Trinajstić information content (AvgIpc) is 2.11. The first kappa shape index (κ1) is 11.1. The Hall–Kier alpha value is -1.00. The van der Waals surface area contributed by atoms with Crippen molar-refractivity contribution in [3.63, 3.8) is 0 Å². The molecule has 1 aromatic carbocycles. The van der Waals surface area contributed by atoms with Crippen LogP contribution in [0, 0.1) is 0 Å². The summed E-state index contributed by atoms with van der Waals surface area (Å²) in [6.45, 7) is 0. The highest BCUT2D eigenvalue weighted by Crippen LogP contribution is 2.33. The van der Waals surface area contributed by atoms with E-state index in [-0.39, 0.29) is 15.8 Å². The SMILES string of the molecule is O=C(O)C(F)Oc1c(Cl)cccc1Cl. The topological polar surface area (TPSA) is 46.5 Å². The number of carboxylic acids is 1. The van der Waals surface area contributed by atoms with E-state index in [1.807, 2.05) is 0 Å².